The molecule has 4 aromatic heterocycles. The Morgan fingerprint density at radius 2 is 1.00 bits per heavy atom. The van der Waals surface area contributed by atoms with Crippen LogP contribution in [0.25, 0.3) is 136 Å². The lowest BCUT2D eigenvalue weighted by molar-refractivity contribution is 0.669. The molecule has 0 aliphatic carbocycles. The fourth-order valence-electron chi connectivity index (χ4n) is 9.96. The van der Waals surface area contributed by atoms with Crippen molar-refractivity contribution >= 4 is 108 Å². The van der Waals surface area contributed by atoms with Crippen LogP contribution in [0.3, 0.4) is 0 Å². The van der Waals surface area contributed by atoms with E-state index in [1.165, 1.54) is 47.3 Å². The molecule has 0 radical (unpaired) electrons. The third kappa shape index (κ3) is 5.74. The molecule has 0 fully saturated rings. The predicted octanol–water partition coefficient (Wildman–Crippen LogP) is 16.7. The number of furan rings is 1. The highest BCUT2D eigenvalue weighted by Crippen LogP contribution is 2.47. The number of aromatic nitrogens is 4. The Morgan fingerprint density at radius 3 is 1.80 bits per heavy atom. The highest BCUT2D eigenvalue weighted by molar-refractivity contribution is 7.26. The number of rotatable bonds is 4. The molecule has 4 heterocycles. The SMILES string of the molecule is CC.c1ccc2cc(-c3nc(-c4ccc5c(c4)oc4ccccc45)nc(-n4c5ccc6ccccc6c5c5cccc(-c6cccc7c6sc6ccc8ccccc8c67)c54)n3)ccc2c1. The van der Waals surface area contributed by atoms with Crippen LogP contribution >= 0.6 is 11.3 Å². The van der Waals surface area contributed by atoms with Gasteiger partial charge in [0.15, 0.2) is 11.6 Å². The fraction of sp³-hybridized carbons (Fsp3) is 0.0339. The maximum atomic E-state index is 6.41. The first-order valence-electron chi connectivity index (χ1n) is 22.2. The molecule has 0 atom stereocenters. The Hall–Kier alpha value is -8.19. The number of hydrogen-bond donors (Lipinski definition) is 0. The Labute approximate surface area is 377 Å². The standard InChI is InChI=1S/C57H32N4OS.C2H6/c1-2-14-36-31-37(24-23-33(36)11-1)55-58-56(38-25-28-42-41-17-7-8-22-48(41)62-49(42)32-38)60-57(59-55)61-47-29-26-34-12-3-5-15-39(34)51(47)45-20-9-18-43(53(45)61)44-19-10-21-46-52-40-16-6-4-13-35(40)27-30-50(52)63-54(44)46;1-2/h1-32H;1-2H3. The number of benzene rings is 10. The van der Waals surface area contributed by atoms with Crippen molar-refractivity contribution in [2.24, 2.45) is 0 Å². The number of para-hydroxylation sites is 2. The number of fused-ring (bicyclic) bond motifs is 14. The average Bonchev–Trinajstić information content (AvgIpc) is 4.06. The maximum absolute atomic E-state index is 6.41. The molecule has 6 heteroatoms. The van der Waals surface area contributed by atoms with Gasteiger partial charge in [-0.2, -0.15) is 9.97 Å². The first kappa shape index (κ1) is 37.4. The van der Waals surface area contributed by atoms with Crippen LogP contribution in [0.15, 0.2) is 199 Å². The topological polar surface area (TPSA) is 56.7 Å². The highest BCUT2D eigenvalue weighted by Gasteiger charge is 2.24. The second-order valence-electron chi connectivity index (χ2n) is 16.3. The molecule has 0 amide bonds. The van der Waals surface area contributed by atoms with Crippen molar-refractivity contribution in [1.82, 2.24) is 19.5 Å². The zero-order chi connectivity index (χ0) is 43.2. The normalized spacial score (nSPS) is 11.8. The number of thiophene rings is 1. The van der Waals surface area contributed by atoms with Gasteiger partial charge in [0.2, 0.25) is 5.95 Å². The van der Waals surface area contributed by atoms with E-state index >= 15 is 0 Å². The van der Waals surface area contributed by atoms with Crippen LogP contribution in [0.5, 0.6) is 0 Å². The first-order valence-corrected chi connectivity index (χ1v) is 23.0. The summed E-state index contributed by atoms with van der Waals surface area (Å²) in [6, 6.07) is 69.1. The summed E-state index contributed by atoms with van der Waals surface area (Å²) in [6.07, 6.45) is 0. The predicted molar refractivity (Wildman–Crippen MR) is 275 cm³/mol. The van der Waals surface area contributed by atoms with Gasteiger partial charge in [-0.05, 0) is 68.7 Å². The summed E-state index contributed by atoms with van der Waals surface area (Å²) in [6.45, 7) is 4.00. The van der Waals surface area contributed by atoms with Gasteiger partial charge in [0.05, 0.1) is 11.0 Å². The van der Waals surface area contributed by atoms with Crippen molar-refractivity contribution < 1.29 is 4.42 Å². The van der Waals surface area contributed by atoms with Crippen LogP contribution in [0.4, 0.5) is 0 Å². The van der Waals surface area contributed by atoms with Crippen LogP contribution in [0.2, 0.25) is 0 Å². The molecule has 0 N–H and O–H groups in total. The maximum Gasteiger partial charge on any atom is 0.238 e. The molecule has 5 nitrogen and oxygen atoms in total. The van der Waals surface area contributed by atoms with E-state index in [4.69, 9.17) is 19.4 Å². The summed E-state index contributed by atoms with van der Waals surface area (Å²) in [4.78, 5) is 16.1. The zero-order valence-electron chi connectivity index (χ0n) is 35.6. The summed E-state index contributed by atoms with van der Waals surface area (Å²) < 4.78 is 11.2. The van der Waals surface area contributed by atoms with Crippen molar-refractivity contribution in [3.05, 3.63) is 194 Å². The first-order chi connectivity index (χ1) is 32.2. The molecular weight excluding hydrogens is 813 g/mol. The van der Waals surface area contributed by atoms with Crippen LogP contribution < -0.4 is 0 Å². The Bertz CT molecular complexity index is 4230. The average molecular weight is 851 g/mol. The molecular formula is C59H38N4OS. The quantitative estimate of drug-likeness (QED) is 0.177. The van der Waals surface area contributed by atoms with Crippen LogP contribution in [-0.2, 0) is 0 Å². The van der Waals surface area contributed by atoms with Gasteiger partial charge in [-0.3, -0.25) is 4.57 Å². The molecule has 10 aromatic carbocycles. The molecule has 65 heavy (non-hydrogen) atoms. The van der Waals surface area contributed by atoms with Crippen molar-refractivity contribution in [2.45, 2.75) is 13.8 Å². The van der Waals surface area contributed by atoms with E-state index in [9.17, 15) is 0 Å². The van der Waals surface area contributed by atoms with E-state index in [0.29, 0.717) is 17.6 Å². The van der Waals surface area contributed by atoms with Gasteiger partial charge in [-0.25, -0.2) is 4.98 Å². The lowest BCUT2D eigenvalue weighted by Crippen LogP contribution is -2.07. The van der Waals surface area contributed by atoms with Gasteiger partial charge in [-0.15, -0.1) is 11.3 Å². The smallest absolute Gasteiger partial charge is 0.238 e. The third-order valence-corrected chi connectivity index (χ3v) is 14.0. The molecule has 0 unspecified atom stereocenters. The Balaban J connectivity index is 0.00000209. The van der Waals surface area contributed by atoms with Crippen molar-refractivity contribution in [3.8, 4) is 39.9 Å². The molecule has 14 aromatic rings. The number of nitrogens with zero attached hydrogens (tertiary/aromatic N) is 4. The van der Waals surface area contributed by atoms with Crippen LogP contribution in [0, 0.1) is 0 Å². The molecule has 0 saturated carbocycles. The largest absolute Gasteiger partial charge is 0.456 e. The third-order valence-electron chi connectivity index (χ3n) is 12.8. The lowest BCUT2D eigenvalue weighted by atomic mass is 9.97. The molecule has 0 aliphatic heterocycles. The van der Waals surface area contributed by atoms with E-state index < -0.39 is 0 Å². The zero-order valence-corrected chi connectivity index (χ0v) is 36.4. The van der Waals surface area contributed by atoms with Crippen molar-refractivity contribution in [1.29, 1.82) is 0 Å². The summed E-state index contributed by atoms with van der Waals surface area (Å²) in [5, 5.41) is 14.2. The van der Waals surface area contributed by atoms with Crippen molar-refractivity contribution in [3.63, 3.8) is 0 Å². The van der Waals surface area contributed by atoms with E-state index in [1.54, 1.807) is 0 Å². The minimum Gasteiger partial charge on any atom is -0.456 e. The molecule has 0 saturated heterocycles. The van der Waals surface area contributed by atoms with Gasteiger partial charge in [0, 0.05) is 64.0 Å². The Morgan fingerprint density at radius 1 is 0.415 bits per heavy atom. The second kappa shape index (κ2) is 14.7. The minimum atomic E-state index is 0.546. The lowest BCUT2D eigenvalue weighted by Gasteiger charge is -2.13. The fourth-order valence-corrected chi connectivity index (χ4v) is 11.2. The van der Waals surface area contributed by atoms with Gasteiger partial charge in [-0.1, -0.05) is 172 Å². The molecule has 306 valence electrons. The highest BCUT2D eigenvalue weighted by atomic mass is 32.1. The van der Waals surface area contributed by atoms with Gasteiger partial charge >= 0.3 is 0 Å². The van der Waals surface area contributed by atoms with Crippen LogP contribution in [-0.4, -0.2) is 19.5 Å². The summed E-state index contributed by atoms with van der Waals surface area (Å²) in [5.74, 6) is 1.71. The second-order valence-corrected chi connectivity index (χ2v) is 17.4. The molecule has 0 bridgehead atoms. The molecule has 14 rings (SSSR count). The van der Waals surface area contributed by atoms with E-state index in [-0.39, 0.29) is 0 Å². The summed E-state index contributed by atoms with van der Waals surface area (Å²) in [7, 11) is 0. The van der Waals surface area contributed by atoms with Crippen LogP contribution in [0.1, 0.15) is 13.8 Å². The minimum absolute atomic E-state index is 0.546. The van der Waals surface area contributed by atoms with E-state index in [0.717, 1.165) is 71.2 Å². The molecule has 0 spiro atoms. The van der Waals surface area contributed by atoms with E-state index in [2.05, 4.69) is 180 Å². The summed E-state index contributed by atoms with van der Waals surface area (Å²) in [5.41, 5.74) is 7.77. The monoisotopic (exact) mass is 850 g/mol. The summed E-state index contributed by atoms with van der Waals surface area (Å²) >= 11 is 1.86. The van der Waals surface area contributed by atoms with Gasteiger partial charge in [0.25, 0.3) is 0 Å². The Kier molecular flexibility index (Phi) is 8.45. The van der Waals surface area contributed by atoms with Crippen molar-refractivity contribution in [2.75, 3.05) is 0 Å². The van der Waals surface area contributed by atoms with Gasteiger partial charge < -0.3 is 4.42 Å². The van der Waals surface area contributed by atoms with E-state index in [1.807, 2.05) is 43.4 Å². The molecule has 0 aliphatic rings. The van der Waals surface area contributed by atoms with Gasteiger partial charge in [0.1, 0.15) is 11.2 Å². The number of hydrogen-bond acceptors (Lipinski definition) is 5.